The number of aromatic nitrogens is 5. The summed E-state index contributed by atoms with van der Waals surface area (Å²) in [7, 11) is 0. The zero-order chi connectivity index (χ0) is 15.1. The van der Waals surface area contributed by atoms with E-state index in [1.54, 1.807) is 6.20 Å². The minimum absolute atomic E-state index is 0.416. The molecule has 0 spiro atoms. The highest BCUT2D eigenvalue weighted by molar-refractivity contribution is 5.60. The molecule has 4 aromatic heterocycles. The molecule has 0 aliphatic rings. The van der Waals surface area contributed by atoms with Crippen LogP contribution in [0, 0.1) is 0 Å². The predicted molar refractivity (Wildman–Crippen MR) is 82.8 cm³/mol. The SMILES string of the molecule is CCC(CC)c1nnc2ccc(-c3cn4ccnc4o3)cn12. The highest BCUT2D eigenvalue weighted by Crippen LogP contribution is 2.26. The first-order chi connectivity index (χ1) is 10.8. The lowest BCUT2D eigenvalue weighted by Gasteiger charge is -2.10. The fourth-order valence-corrected chi connectivity index (χ4v) is 2.85. The van der Waals surface area contributed by atoms with Crippen LogP contribution in [0.15, 0.2) is 41.3 Å². The second kappa shape index (κ2) is 4.98. The maximum absolute atomic E-state index is 5.77. The van der Waals surface area contributed by atoms with Crippen molar-refractivity contribution in [1.29, 1.82) is 0 Å². The van der Waals surface area contributed by atoms with Crippen molar-refractivity contribution in [3.05, 3.63) is 42.7 Å². The molecule has 4 aromatic rings. The Kier molecular flexibility index (Phi) is 2.96. The largest absolute Gasteiger partial charge is 0.423 e. The van der Waals surface area contributed by atoms with E-state index in [1.165, 1.54) is 0 Å². The summed E-state index contributed by atoms with van der Waals surface area (Å²) in [6.07, 6.45) is 9.67. The molecule has 4 rings (SSSR count). The first-order valence-electron chi connectivity index (χ1n) is 7.57. The molecule has 0 saturated heterocycles. The number of pyridine rings is 1. The van der Waals surface area contributed by atoms with Crippen LogP contribution in [0.4, 0.5) is 0 Å². The molecule has 0 unspecified atom stereocenters. The Morgan fingerprint density at radius 3 is 2.77 bits per heavy atom. The summed E-state index contributed by atoms with van der Waals surface area (Å²) in [6.45, 7) is 4.36. The van der Waals surface area contributed by atoms with Gasteiger partial charge in [-0.2, -0.15) is 0 Å². The molecule has 6 nitrogen and oxygen atoms in total. The van der Waals surface area contributed by atoms with E-state index in [0.717, 1.165) is 35.6 Å². The lowest BCUT2D eigenvalue weighted by atomic mass is 10.0. The lowest BCUT2D eigenvalue weighted by molar-refractivity contribution is 0.594. The van der Waals surface area contributed by atoms with Crippen LogP contribution in [0.2, 0.25) is 0 Å². The van der Waals surface area contributed by atoms with E-state index in [1.807, 2.05) is 35.1 Å². The van der Waals surface area contributed by atoms with Gasteiger partial charge in [0, 0.05) is 30.1 Å². The number of nitrogens with zero attached hydrogens (tertiary/aromatic N) is 5. The average Bonchev–Trinajstić information content (AvgIpc) is 3.22. The minimum atomic E-state index is 0.416. The van der Waals surface area contributed by atoms with Crippen molar-refractivity contribution in [3.63, 3.8) is 0 Å². The smallest absolute Gasteiger partial charge is 0.306 e. The van der Waals surface area contributed by atoms with E-state index in [0.29, 0.717) is 11.8 Å². The minimum Gasteiger partial charge on any atom is -0.423 e. The Morgan fingerprint density at radius 2 is 2.00 bits per heavy atom. The fraction of sp³-hybridized carbons (Fsp3) is 0.312. The van der Waals surface area contributed by atoms with Crippen LogP contribution >= 0.6 is 0 Å². The zero-order valence-electron chi connectivity index (χ0n) is 12.6. The van der Waals surface area contributed by atoms with Crippen molar-refractivity contribution < 1.29 is 4.42 Å². The standard InChI is InChI=1S/C16H17N5O/c1-3-11(4-2)15-19-18-14-6-5-12(9-21(14)15)13-10-20-8-7-17-16(20)22-13/h5-11H,3-4H2,1-2H3. The van der Waals surface area contributed by atoms with Gasteiger partial charge in [-0.25, -0.2) is 4.98 Å². The monoisotopic (exact) mass is 295 g/mol. The predicted octanol–water partition coefficient (Wildman–Crippen LogP) is 3.54. The normalized spacial score (nSPS) is 12.0. The number of hydrogen-bond acceptors (Lipinski definition) is 4. The van der Waals surface area contributed by atoms with Crippen LogP contribution < -0.4 is 0 Å². The third-order valence-corrected chi connectivity index (χ3v) is 4.15. The number of fused-ring (bicyclic) bond motifs is 2. The molecule has 112 valence electrons. The fourth-order valence-electron chi connectivity index (χ4n) is 2.85. The molecule has 0 saturated carbocycles. The highest BCUT2D eigenvalue weighted by atomic mass is 16.4. The molecule has 0 aliphatic carbocycles. The van der Waals surface area contributed by atoms with Gasteiger partial charge in [-0.1, -0.05) is 13.8 Å². The molecule has 0 aliphatic heterocycles. The van der Waals surface area contributed by atoms with Crippen LogP contribution in [0.25, 0.3) is 22.8 Å². The Morgan fingerprint density at radius 1 is 1.14 bits per heavy atom. The van der Waals surface area contributed by atoms with Crippen LogP contribution in [0.3, 0.4) is 0 Å². The number of rotatable bonds is 4. The van der Waals surface area contributed by atoms with Crippen molar-refractivity contribution >= 4 is 11.5 Å². The second-order valence-electron chi connectivity index (χ2n) is 5.43. The summed E-state index contributed by atoms with van der Waals surface area (Å²) in [6, 6.07) is 3.97. The maximum atomic E-state index is 5.77. The third kappa shape index (κ3) is 1.91. The lowest BCUT2D eigenvalue weighted by Crippen LogP contribution is -2.02. The van der Waals surface area contributed by atoms with Crippen molar-refractivity contribution in [1.82, 2.24) is 24.0 Å². The third-order valence-electron chi connectivity index (χ3n) is 4.15. The van der Waals surface area contributed by atoms with Crippen molar-refractivity contribution in [2.45, 2.75) is 32.6 Å². The van der Waals surface area contributed by atoms with Crippen LogP contribution in [-0.4, -0.2) is 24.0 Å². The van der Waals surface area contributed by atoms with Crippen LogP contribution in [0.1, 0.15) is 38.4 Å². The van der Waals surface area contributed by atoms with Gasteiger partial charge >= 0.3 is 5.84 Å². The van der Waals surface area contributed by atoms with Crippen LogP contribution in [-0.2, 0) is 0 Å². The van der Waals surface area contributed by atoms with Gasteiger partial charge < -0.3 is 4.42 Å². The molecule has 0 fully saturated rings. The molecule has 4 heterocycles. The quantitative estimate of drug-likeness (QED) is 0.577. The number of imidazole rings is 1. The molecule has 22 heavy (non-hydrogen) atoms. The summed E-state index contributed by atoms with van der Waals surface area (Å²) in [5, 5.41) is 8.64. The molecule has 0 N–H and O–H groups in total. The van der Waals surface area contributed by atoms with Gasteiger partial charge in [0.25, 0.3) is 0 Å². The molecular weight excluding hydrogens is 278 g/mol. The molecular formula is C16H17N5O. The van der Waals surface area contributed by atoms with Gasteiger partial charge in [-0.15, -0.1) is 10.2 Å². The Balaban J connectivity index is 1.85. The first-order valence-corrected chi connectivity index (χ1v) is 7.57. The Labute approximate surface area is 127 Å². The summed E-state index contributed by atoms with van der Waals surface area (Å²) < 4.78 is 9.71. The van der Waals surface area contributed by atoms with Crippen molar-refractivity contribution in [2.75, 3.05) is 0 Å². The van der Waals surface area contributed by atoms with Crippen LogP contribution in [0.5, 0.6) is 0 Å². The van der Waals surface area contributed by atoms with Crippen molar-refractivity contribution in [3.8, 4) is 11.3 Å². The van der Waals surface area contributed by atoms with E-state index in [9.17, 15) is 0 Å². The molecule has 6 heteroatoms. The van der Waals surface area contributed by atoms with E-state index in [2.05, 4.69) is 33.4 Å². The molecule has 0 bridgehead atoms. The number of oxazole rings is 1. The number of hydrogen-bond donors (Lipinski definition) is 0. The van der Waals surface area contributed by atoms with E-state index >= 15 is 0 Å². The van der Waals surface area contributed by atoms with Gasteiger partial charge in [-0.3, -0.25) is 8.80 Å². The zero-order valence-corrected chi connectivity index (χ0v) is 12.6. The highest BCUT2D eigenvalue weighted by Gasteiger charge is 2.16. The van der Waals surface area contributed by atoms with Gasteiger partial charge in [0.2, 0.25) is 0 Å². The van der Waals surface area contributed by atoms with E-state index in [-0.39, 0.29) is 0 Å². The topological polar surface area (TPSA) is 60.6 Å². The summed E-state index contributed by atoms with van der Waals surface area (Å²) in [4.78, 5) is 4.15. The van der Waals surface area contributed by atoms with Gasteiger partial charge in [-0.05, 0) is 25.0 Å². The van der Waals surface area contributed by atoms with Gasteiger partial charge in [0.05, 0.1) is 6.20 Å². The van der Waals surface area contributed by atoms with Gasteiger partial charge in [0.1, 0.15) is 5.82 Å². The molecule has 0 aromatic carbocycles. The Hall–Kier alpha value is -2.63. The maximum Gasteiger partial charge on any atom is 0.306 e. The second-order valence-corrected chi connectivity index (χ2v) is 5.43. The van der Waals surface area contributed by atoms with Crippen molar-refractivity contribution in [2.24, 2.45) is 0 Å². The molecule has 0 atom stereocenters. The van der Waals surface area contributed by atoms with E-state index in [4.69, 9.17) is 4.42 Å². The summed E-state index contributed by atoms with van der Waals surface area (Å²) >= 11 is 0. The Bertz CT molecular complexity index is 900. The summed E-state index contributed by atoms with van der Waals surface area (Å²) in [5.41, 5.74) is 1.85. The average molecular weight is 295 g/mol. The van der Waals surface area contributed by atoms with Gasteiger partial charge in [0.15, 0.2) is 11.4 Å². The molecule has 0 amide bonds. The first kappa shape index (κ1) is 13.1. The summed E-state index contributed by atoms with van der Waals surface area (Å²) in [5.74, 6) is 2.81. The molecule has 0 radical (unpaired) electrons. The van der Waals surface area contributed by atoms with E-state index < -0.39 is 0 Å².